The molecule has 0 bridgehead atoms. The van der Waals surface area contributed by atoms with Gasteiger partial charge in [0.2, 0.25) is 0 Å². The van der Waals surface area contributed by atoms with Crippen LogP contribution >= 0.6 is 0 Å². The van der Waals surface area contributed by atoms with E-state index >= 15 is 0 Å². The molecule has 0 amide bonds. The predicted octanol–water partition coefficient (Wildman–Crippen LogP) is 3.58. The standard InChI is InChI=1S/C17H27NO3/c1-3-20-16-11-10-14(13-17(16)21-4-2)15(19)9-7-5-6-8-12-18/h10-11,13H,3-9,12,18H2,1-2H3. The first kappa shape index (κ1) is 17.5. The van der Waals surface area contributed by atoms with Crippen LogP contribution in [-0.2, 0) is 0 Å². The van der Waals surface area contributed by atoms with E-state index in [1.54, 1.807) is 6.07 Å². The van der Waals surface area contributed by atoms with Gasteiger partial charge in [0.25, 0.3) is 0 Å². The average Bonchev–Trinajstić information content (AvgIpc) is 2.49. The lowest BCUT2D eigenvalue weighted by molar-refractivity contribution is 0.0978. The van der Waals surface area contributed by atoms with Gasteiger partial charge in [0.15, 0.2) is 17.3 Å². The third kappa shape index (κ3) is 6.17. The Hall–Kier alpha value is -1.55. The minimum atomic E-state index is 0.159. The lowest BCUT2D eigenvalue weighted by atomic mass is 10.0. The van der Waals surface area contributed by atoms with Gasteiger partial charge in [0.05, 0.1) is 13.2 Å². The van der Waals surface area contributed by atoms with Crippen molar-refractivity contribution in [3.8, 4) is 11.5 Å². The number of benzene rings is 1. The van der Waals surface area contributed by atoms with Gasteiger partial charge in [-0.1, -0.05) is 12.8 Å². The highest BCUT2D eigenvalue weighted by molar-refractivity contribution is 5.96. The fourth-order valence-electron chi connectivity index (χ4n) is 2.15. The van der Waals surface area contributed by atoms with Gasteiger partial charge in [-0.15, -0.1) is 0 Å². The predicted molar refractivity (Wildman–Crippen MR) is 85.2 cm³/mol. The maximum atomic E-state index is 12.2. The normalized spacial score (nSPS) is 10.4. The number of carbonyl (C=O) groups excluding carboxylic acids is 1. The van der Waals surface area contributed by atoms with Gasteiger partial charge in [-0.25, -0.2) is 0 Å². The Bertz CT molecular complexity index is 432. The number of nitrogens with two attached hydrogens (primary N) is 1. The zero-order valence-electron chi connectivity index (χ0n) is 13.2. The summed E-state index contributed by atoms with van der Waals surface area (Å²) in [6.07, 6.45) is 4.67. The lowest BCUT2D eigenvalue weighted by Crippen LogP contribution is -2.03. The molecule has 1 aromatic carbocycles. The first-order chi connectivity index (χ1) is 10.2. The second-order valence-corrected chi connectivity index (χ2v) is 4.90. The highest BCUT2D eigenvalue weighted by Crippen LogP contribution is 2.29. The minimum absolute atomic E-state index is 0.159. The summed E-state index contributed by atoms with van der Waals surface area (Å²) in [6, 6.07) is 5.42. The maximum absolute atomic E-state index is 12.2. The molecule has 0 aliphatic carbocycles. The van der Waals surface area contributed by atoms with Crippen molar-refractivity contribution >= 4 is 5.78 Å². The number of ketones is 1. The van der Waals surface area contributed by atoms with Crippen LogP contribution in [0.4, 0.5) is 0 Å². The van der Waals surface area contributed by atoms with Crippen molar-refractivity contribution in [2.75, 3.05) is 19.8 Å². The molecule has 4 heteroatoms. The summed E-state index contributed by atoms with van der Waals surface area (Å²) in [7, 11) is 0. The molecule has 4 nitrogen and oxygen atoms in total. The van der Waals surface area contributed by atoms with Crippen molar-refractivity contribution in [1.82, 2.24) is 0 Å². The fraction of sp³-hybridized carbons (Fsp3) is 0.588. The van der Waals surface area contributed by atoms with Gasteiger partial charge in [0, 0.05) is 12.0 Å². The molecule has 1 aromatic rings. The Morgan fingerprint density at radius 2 is 1.67 bits per heavy atom. The fourth-order valence-corrected chi connectivity index (χ4v) is 2.15. The van der Waals surface area contributed by atoms with E-state index in [4.69, 9.17) is 15.2 Å². The molecule has 1 rings (SSSR count). The number of carbonyl (C=O) groups is 1. The topological polar surface area (TPSA) is 61.5 Å². The van der Waals surface area contributed by atoms with Crippen LogP contribution in [0.5, 0.6) is 11.5 Å². The van der Waals surface area contributed by atoms with Crippen LogP contribution in [0.15, 0.2) is 18.2 Å². The molecular weight excluding hydrogens is 266 g/mol. The zero-order chi connectivity index (χ0) is 15.5. The van der Waals surface area contributed by atoms with Gasteiger partial charge in [-0.05, 0) is 51.4 Å². The molecule has 0 aliphatic heterocycles. The van der Waals surface area contributed by atoms with E-state index in [0.717, 1.165) is 32.2 Å². The van der Waals surface area contributed by atoms with Crippen molar-refractivity contribution in [3.05, 3.63) is 23.8 Å². The molecule has 0 atom stereocenters. The highest BCUT2D eigenvalue weighted by Gasteiger charge is 2.11. The number of ether oxygens (including phenoxy) is 2. The van der Waals surface area contributed by atoms with E-state index < -0.39 is 0 Å². The van der Waals surface area contributed by atoms with E-state index in [1.807, 2.05) is 26.0 Å². The summed E-state index contributed by atoms with van der Waals surface area (Å²) in [5.74, 6) is 1.50. The van der Waals surface area contributed by atoms with E-state index in [9.17, 15) is 4.79 Å². The molecule has 21 heavy (non-hydrogen) atoms. The summed E-state index contributed by atoms with van der Waals surface area (Å²) in [4.78, 5) is 12.2. The van der Waals surface area contributed by atoms with E-state index in [2.05, 4.69) is 0 Å². The van der Waals surface area contributed by atoms with E-state index in [0.29, 0.717) is 36.7 Å². The number of hydrogen-bond donors (Lipinski definition) is 1. The van der Waals surface area contributed by atoms with E-state index in [-0.39, 0.29) is 5.78 Å². The number of rotatable bonds is 11. The summed E-state index contributed by atoms with van der Waals surface area (Å²) >= 11 is 0. The smallest absolute Gasteiger partial charge is 0.163 e. The molecule has 118 valence electrons. The highest BCUT2D eigenvalue weighted by atomic mass is 16.5. The van der Waals surface area contributed by atoms with Crippen LogP contribution in [0.2, 0.25) is 0 Å². The quantitative estimate of drug-likeness (QED) is 0.500. The Morgan fingerprint density at radius 3 is 2.33 bits per heavy atom. The molecule has 0 spiro atoms. The van der Waals surface area contributed by atoms with Gasteiger partial charge < -0.3 is 15.2 Å². The van der Waals surface area contributed by atoms with Crippen molar-refractivity contribution in [2.24, 2.45) is 5.73 Å². The Balaban J connectivity index is 2.60. The third-order valence-electron chi connectivity index (χ3n) is 3.22. The van der Waals surface area contributed by atoms with Crippen molar-refractivity contribution < 1.29 is 14.3 Å². The molecule has 0 saturated carbocycles. The van der Waals surface area contributed by atoms with Crippen LogP contribution in [0.3, 0.4) is 0 Å². The zero-order valence-corrected chi connectivity index (χ0v) is 13.2. The summed E-state index contributed by atoms with van der Waals surface area (Å²) in [5, 5.41) is 0. The lowest BCUT2D eigenvalue weighted by Gasteiger charge is -2.12. The Labute approximate surface area is 127 Å². The molecule has 0 fully saturated rings. The number of Topliss-reactive ketones (excluding diaryl/α,β-unsaturated/α-hetero) is 1. The molecule has 0 radical (unpaired) electrons. The molecule has 2 N–H and O–H groups in total. The Kier molecular flexibility index (Phi) is 8.51. The van der Waals surface area contributed by atoms with Gasteiger partial charge in [0.1, 0.15) is 0 Å². The summed E-state index contributed by atoms with van der Waals surface area (Å²) in [5.41, 5.74) is 6.15. The first-order valence-corrected chi connectivity index (χ1v) is 7.85. The number of unbranched alkanes of at least 4 members (excludes halogenated alkanes) is 3. The van der Waals surface area contributed by atoms with Crippen molar-refractivity contribution in [1.29, 1.82) is 0 Å². The SMILES string of the molecule is CCOc1ccc(C(=O)CCCCCCN)cc1OCC. The van der Waals surface area contributed by atoms with Crippen molar-refractivity contribution in [2.45, 2.75) is 46.0 Å². The van der Waals surface area contributed by atoms with Crippen LogP contribution < -0.4 is 15.2 Å². The third-order valence-corrected chi connectivity index (χ3v) is 3.22. The molecule has 0 aromatic heterocycles. The van der Waals surface area contributed by atoms with Crippen LogP contribution in [0, 0.1) is 0 Å². The second-order valence-electron chi connectivity index (χ2n) is 4.90. The molecule has 0 aliphatic rings. The maximum Gasteiger partial charge on any atom is 0.163 e. The molecule has 0 heterocycles. The summed E-state index contributed by atoms with van der Waals surface area (Å²) in [6.45, 7) is 5.70. The summed E-state index contributed by atoms with van der Waals surface area (Å²) < 4.78 is 11.0. The molecular formula is C17H27NO3. The Morgan fingerprint density at radius 1 is 1.00 bits per heavy atom. The molecule has 0 saturated heterocycles. The minimum Gasteiger partial charge on any atom is -0.490 e. The monoisotopic (exact) mass is 293 g/mol. The first-order valence-electron chi connectivity index (χ1n) is 7.85. The van der Waals surface area contributed by atoms with E-state index in [1.165, 1.54) is 0 Å². The van der Waals surface area contributed by atoms with Crippen LogP contribution in [0.1, 0.15) is 56.3 Å². The average molecular weight is 293 g/mol. The van der Waals surface area contributed by atoms with Crippen LogP contribution in [-0.4, -0.2) is 25.5 Å². The van der Waals surface area contributed by atoms with Gasteiger partial charge in [-0.2, -0.15) is 0 Å². The van der Waals surface area contributed by atoms with Crippen LogP contribution in [0.25, 0.3) is 0 Å². The largest absolute Gasteiger partial charge is 0.490 e. The van der Waals surface area contributed by atoms with Crippen molar-refractivity contribution in [3.63, 3.8) is 0 Å². The van der Waals surface area contributed by atoms with Gasteiger partial charge >= 0.3 is 0 Å². The number of hydrogen-bond acceptors (Lipinski definition) is 4. The molecule has 0 unspecified atom stereocenters. The van der Waals surface area contributed by atoms with Gasteiger partial charge in [-0.3, -0.25) is 4.79 Å². The second kappa shape index (κ2) is 10.2.